The molecule has 0 unspecified atom stereocenters. The van der Waals surface area contributed by atoms with E-state index in [1.165, 1.54) is 31.3 Å². The molecule has 1 aliphatic rings. The van der Waals surface area contributed by atoms with Crippen LogP contribution in [0.4, 0.5) is 4.39 Å². The van der Waals surface area contributed by atoms with Crippen LogP contribution in [0.25, 0.3) is 10.9 Å². The van der Waals surface area contributed by atoms with Crippen molar-refractivity contribution < 1.29 is 9.13 Å². The van der Waals surface area contributed by atoms with Gasteiger partial charge in [-0.25, -0.2) is 19.0 Å². The van der Waals surface area contributed by atoms with Crippen molar-refractivity contribution in [1.29, 1.82) is 0 Å². The fourth-order valence-corrected chi connectivity index (χ4v) is 3.06. The Kier molecular flexibility index (Phi) is 3.14. The molecule has 0 aliphatic heterocycles. The summed E-state index contributed by atoms with van der Waals surface area (Å²) >= 11 is 1.34. The molecule has 1 aliphatic carbocycles. The molecule has 7 nitrogen and oxygen atoms in total. The van der Waals surface area contributed by atoms with Crippen LogP contribution in [-0.4, -0.2) is 37.3 Å². The average Bonchev–Trinajstić information content (AvgIpc) is 3.27. The van der Waals surface area contributed by atoms with Gasteiger partial charge in [-0.2, -0.15) is 0 Å². The van der Waals surface area contributed by atoms with Gasteiger partial charge in [0.1, 0.15) is 11.4 Å². The van der Waals surface area contributed by atoms with E-state index in [4.69, 9.17) is 4.74 Å². The molecule has 0 radical (unpaired) electrons. The van der Waals surface area contributed by atoms with Crippen LogP contribution >= 0.6 is 11.8 Å². The molecule has 112 valence electrons. The summed E-state index contributed by atoms with van der Waals surface area (Å²) in [6, 6.07) is 3.31. The van der Waals surface area contributed by atoms with Gasteiger partial charge in [0.15, 0.2) is 11.6 Å². The summed E-state index contributed by atoms with van der Waals surface area (Å²) in [5.74, 6) is -0.293. The molecule has 0 bridgehead atoms. The van der Waals surface area contributed by atoms with Gasteiger partial charge in [-0.15, -0.1) is 5.10 Å². The Hall–Kier alpha value is -2.29. The highest BCUT2D eigenvalue weighted by atomic mass is 32.2. The Balaban J connectivity index is 1.79. The summed E-state index contributed by atoms with van der Waals surface area (Å²) < 4.78 is 20.6. The topological polar surface area (TPSA) is 78.6 Å². The highest BCUT2D eigenvalue weighted by molar-refractivity contribution is 7.99. The van der Waals surface area contributed by atoms with Gasteiger partial charge < -0.3 is 4.74 Å². The van der Waals surface area contributed by atoms with Crippen molar-refractivity contribution in [3.05, 3.63) is 24.3 Å². The number of hydrogen-bond donors (Lipinski definition) is 0. The fourth-order valence-electron chi connectivity index (χ4n) is 2.16. The number of rotatable bonds is 4. The van der Waals surface area contributed by atoms with Crippen LogP contribution in [0.3, 0.4) is 0 Å². The van der Waals surface area contributed by atoms with Gasteiger partial charge in [-0.3, -0.25) is 0 Å². The highest BCUT2D eigenvalue weighted by Gasteiger charge is 2.28. The quantitative estimate of drug-likeness (QED) is 0.683. The van der Waals surface area contributed by atoms with Crippen LogP contribution in [0.5, 0.6) is 5.75 Å². The predicted octanol–water partition coefficient (Wildman–Crippen LogP) is 2.25. The number of hydrogen-bond acceptors (Lipinski definition) is 7. The second kappa shape index (κ2) is 5.16. The number of tetrazole rings is 1. The summed E-state index contributed by atoms with van der Waals surface area (Å²) in [7, 11) is 1.43. The Labute approximate surface area is 128 Å². The van der Waals surface area contributed by atoms with Crippen molar-refractivity contribution in [2.24, 2.45) is 0 Å². The van der Waals surface area contributed by atoms with E-state index in [9.17, 15) is 4.39 Å². The molecule has 1 fully saturated rings. The van der Waals surface area contributed by atoms with E-state index in [2.05, 4.69) is 25.5 Å². The van der Waals surface area contributed by atoms with Gasteiger partial charge in [0, 0.05) is 11.5 Å². The Morgan fingerprint density at radius 2 is 2.18 bits per heavy atom. The number of nitrogens with zero attached hydrogens (tertiary/aromatic N) is 6. The Morgan fingerprint density at radius 1 is 1.32 bits per heavy atom. The van der Waals surface area contributed by atoms with Gasteiger partial charge in [0.05, 0.1) is 18.7 Å². The molecule has 1 aromatic carbocycles. The first-order chi connectivity index (χ1) is 10.8. The maximum absolute atomic E-state index is 13.8. The minimum atomic E-state index is -0.451. The average molecular weight is 318 g/mol. The second-order valence-electron chi connectivity index (χ2n) is 4.92. The fraction of sp³-hybridized carbons (Fsp3) is 0.308. The number of halogens is 1. The molecule has 0 N–H and O–H groups in total. The summed E-state index contributed by atoms with van der Waals surface area (Å²) in [6.07, 6.45) is 3.58. The molecule has 0 spiro atoms. The molecule has 0 saturated heterocycles. The van der Waals surface area contributed by atoms with Gasteiger partial charge in [-0.05, 0) is 41.1 Å². The molecule has 22 heavy (non-hydrogen) atoms. The third-order valence-corrected chi connectivity index (χ3v) is 4.39. The molecule has 0 amide bonds. The first-order valence-corrected chi connectivity index (χ1v) is 7.52. The number of ether oxygens (including phenoxy) is 1. The van der Waals surface area contributed by atoms with Gasteiger partial charge in [0.2, 0.25) is 5.16 Å². The number of fused-ring (bicyclic) bond motifs is 1. The lowest BCUT2D eigenvalue weighted by atomic mass is 10.2. The zero-order valence-corrected chi connectivity index (χ0v) is 12.4. The Bertz CT molecular complexity index is 850. The standard InChI is InChI=1S/C13H11FN6OS/c1-21-11-4-8-10(5-9(11)14)15-6-16-12(8)22-13-17-18-19-20(13)7-2-3-7/h4-7H,2-3H2,1H3. The van der Waals surface area contributed by atoms with E-state index >= 15 is 0 Å². The van der Waals surface area contributed by atoms with Gasteiger partial charge >= 0.3 is 0 Å². The lowest BCUT2D eigenvalue weighted by molar-refractivity contribution is 0.387. The van der Waals surface area contributed by atoms with E-state index in [1.807, 2.05) is 0 Å². The third kappa shape index (κ3) is 2.27. The van der Waals surface area contributed by atoms with Gasteiger partial charge in [-0.1, -0.05) is 0 Å². The van der Waals surface area contributed by atoms with E-state index in [0.29, 0.717) is 27.1 Å². The van der Waals surface area contributed by atoms with Crippen LogP contribution in [0, 0.1) is 5.82 Å². The van der Waals surface area contributed by atoms with Crippen molar-refractivity contribution >= 4 is 22.7 Å². The lowest BCUT2D eigenvalue weighted by Gasteiger charge is -2.07. The van der Waals surface area contributed by atoms with Crippen molar-refractivity contribution in [2.45, 2.75) is 29.1 Å². The van der Waals surface area contributed by atoms with Crippen LogP contribution in [-0.2, 0) is 0 Å². The molecule has 9 heteroatoms. The van der Waals surface area contributed by atoms with E-state index in [-0.39, 0.29) is 5.75 Å². The Morgan fingerprint density at radius 3 is 2.95 bits per heavy atom. The minimum Gasteiger partial charge on any atom is -0.494 e. The molecular weight excluding hydrogens is 307 g/mol. The number of benzene rings is 1. The van der Waals surface area contributed by atoms with Crippen molar-refractivity contribution in [1.82, 2.24) is 30.2 Å². The molecule has 0 atom stereocenters. The normalized spacial score (nSPS) is 14.5. The van der Waals surface area contributed by atoms with Crippen molar-refractivity contribution in [2.75, 3.05) is 7.11 Å². The minimum absolute atomic E-state index is 0.158. The second-order valence-corrected chi connectivity index (χ2v) is 5.88. The molecule has 4 rings (SSSR count). The summed E-state index contributed by atoms with van der Waals surface area (Å²) in [6.45, 7) is 0. The summed E-state index contributed by atoms with van der Waals surface area (Å²) in [4.78, 5) is 8.37. The summed E-state index contributed by atoms with van der Waals surface area (Å²) in [5, 5.41) is 13.8. The maximum atomic E-state index is 13.8. The first-order valence-electron chi connectivity index (χ1n) is 6.70. The lowest BCUT2D eigenvalue weighted by Crippen LogP contribution is -1.99. The molecule has 2 heterocycles. The van der Waals surface area contributed by atoms with Crippen molar-refractivity contribution in [3.8, 4) is 5.75 Å². The van der Waals surface area contributed by atoms with Crippen LogP contribution in [0.15, 0.2) is 28.6 Å². The van der Waals surface area contributed by atoms with Crippen LogP contribution < -0.4 is 4.74 Å². The van der Waals surface area contributed by atoms with E-state index in [1.54, 1.807) is 10.7 Å². The zero-order chi connectivity index (χ0) is 15.1. The maximum Gasteiger partial charge on any atom is 0.215 e. The predicted molar refractivity (Wildman–Crippen MR) is 76.3 cm³/mol. The third-order valence-electron chi connectivity index (χ3n) is 3.42. The van der Waals surface area contributed by atoms with E-state index in [0.717, 1.165) is 12.8 Å². The number of aromatic nitrogens is 6. The first kappa shape index (κ1) is 13.4. The van der Waals surface area contributed by atoms with Crippen molar-refractivity contribution in [3.63, 3.8) is 0 Å². The zero-order valence-electron chi connectivity index (χ0n) is 11.6. The smallest absolute Gasteiger partial charge is 0.215 e. The van der Waals surface area contributed by atoms with Crippen LogP contribution in [0.2, 0.25) is 0 Å². The molecular formula is C13H11FN6OS. The van der Waals surface area contributed by atoms with E-state index < -0.39 is 5.82 Å². The monoisotopic (exact) mass is 318 g/mol. The molecule has 3 aromatic rings. The molecule has 2 aromatic heterocycles. The highest BCUT2D eigenvalue weighted by Crippen LogP contribution is 2.39. The number of methoxy groups -OCH3 is 1. The van der Waals surface area contributed by atoms with Crippen LogP contribution in [0.1, 0.15) is 18.9 Å². The molecule has 1 saturated carbocycles. The van der Waals surface area contributed by atoms with Gasteiger partial charge in [0.25, 0.3) is 0 Å². The SMILES string of the molecule is COc1cc2c(Sc3nnnn3C3CC3)ncnc2cc1F. The summed E-state index contributed by atoms with van der Waals surface area (Å²) in [5.41, 5.74) is 0.515. The largest absolute Gasteiger partial charge is 0.494 e.